The number of aromatic nitrogens is 2. The van der Waals surface area contributed by atoms with Gasteiger partial charge in [-0.25, -0.2) is 4.68 Å². The Balaban J connectivity index is 1.83. The van der Waals surface area contributed by atoms with Gasteiger partial charge < -0.3 is 4.74 Å². The molecule has 0 saturated heterocycles. The van der Waals surface area contributed by atoms with E-state index in [1.807, 2.05) is 36.4 Å². The van der Waals surface area contributed by atoms with Gasteiger partial charge in [0, 0.05) is 42.0 Å². The fraction of sp³-hybridized carbons (Fsp3) is 0.148. The molecule has 0 atom stereocenters. The zero-order chi connectivity index (χ0) is 27.4. The highest BCUT2D eigenvalue weighted by Crippen LogP contribution is 2.31. The number of benzene rings is 2. The number of carbonyl (C=O) groups is 3. The van der Waals surface area contributed by atoms with Crippen LogP contribution in [-0.4, -0.2) is 50.5 Å². The Morgan fingerprint density at radius 3 is 2.42 bits per heavy atom. The van der Waals surface area contributed by atoms with Gasteiger partial charge in [0.05, 0.1) is 22.8 Å². The van der Waals surface area contributed by atoms with Gasteiger partial charge in [-0.05, 0) is 30.7 Å². The predicted molar refractivity (Wildman–Crippen MR) is 135 cm³/mol. The molecule has 0 N–H and O–H groups in total. The Bertz CT molecular complexity index is 1540. The summed E-state index contributed by atoms with van der Waals surface area (Å²) in [6.45, 7) is 2.32. The molecule has 3 aromatic rings. The molecule has 0 spiro atoms. The lowest BCUT2D eigenvalue weighted by atomic mass is 9.93. The van der Waals surface area contributed by atoms with Gasteiger partial charge in [-0.2, -0.15) is 10.4 Å². The number of amides is 2. The molecule has 0 bridgehead atoms. The van der Waals surface area contributed by atoms with Crippen molar-refractivity contribution in [3.05, 3.63) is 93.2 Å². The second kappa shape index (κ2) is 10.7. The summed E-state index contributed by atoms with van der Waals surface area (Å²) in [4.78, 5) is 48.7. The average Bonchev–Trinajstić information content (AvgIpc) is 3.33. The average molecular weight is 511 g/mol. The largest absolute Gasteiger partial charge is 0.464 e. The highest BCUT2D eigenvalue weighted by Gasteiger charge is 2.35. The van der Waals surface area contributed by atoms with Crippen LogP contribution in [0.3, 0.4) is 0 Å². The van der Waals surface area contributed by atoms with E-state index >= 15 is 0 Å². The van der Waals surface area contributed by atoms with Gasteiger partial charge in [-0.1, -0.05) is 30.3 Å². The maximum absolute atomic E-state index is 13.4. The molecule has 0 unspecified atom stereocenters. The second-order valence-electron chi connectivity index (χ2n) is 8.29. The Hall–Kier alpha value is -5.37. The van der Waals surface area contributed by atoms with Gasteiger partial charge in [-0.3, -0.25) is 29.4 Å². The van der Waals surface area contributed by atoms with E-state index in [2.05, 4.69) is 5.10 Å². The van der Waals surface area contributed by atoms with Crippen molar-refractivity contribution in [3.63, 3.8) is 0 Å². The van der Waals surface area contributed by atoms with Gasteiger partial charge in [0.25, 0.3) is 17.5 Å². The highest BCUT2D eigenvalue weighted by atomic mass is 16.6. The van der Waals surface area contributed by atoms with Gasteiger partial charge in [0.15, 0.2) is 0 Å². The minimum atomic E-state index is -0.760. The molecule has 0 saturated carbocycles. The molecular formula is C27H21N5O6. The third kappa shape index (κ3) is 5.10. The standard InChI is InChI=1S/C27H21N5O6/c1-17-23(26(34)30(12-13-38-18(2)33)27(35)24(17)15-28)14-20-16-31(21-8-10-22(11-9-21)32(36)37)29-25(20)19-6-4-3-5-7-19/h3-11,14,16H,12-13H2,1-2H3/b23-14+. The predicted octanol–water partition coefficient (Wildman–Crippen LogP) is 3.60. The zero-order valence-electron chi connectivity index (χ0n) is 20.5. The van der Waals surface area contributed by atoms with E-state index < -0.39 is 22.7 Å². The minimum absolute atomic E-state index is 0.0670. The number of ether oxygens (including phenoxy) is 1. The number of esters is 1. The van der Waals surface area contributed by atoms with Crippen molar-refractivity contribution < 1.29 is 24.0 Å². The van der Waals surface area contributed by atoms with Gasteiger partial charge in [0.2, 0.25) is 0 Å². The Kier molecular flexibility index (Phi) is 7.25. The van der Waals surface area contributed by atoms with Crippen LogP contribution >= 0.6 is 0 Å². The molecule has 38 heavy (non-hydrogen) atoms. The molecule has 2 aromatic carbocycles. The van der Waals surface area contributed by atoms with Crippen molar-refractivity contribution in [2.75, 3.05) is 13.2 Å². The third-order valence-corrected chi connectivity index (χ3v) is 5.86. The molecule has 4 rings (SSSR count). The SMILES string of the molecule is CC(=O)OCCN1C(=O)C(C#N)=C(C)/C(=C\c2cn(-c3ccc([N+](=O)[O-])cc3)nc2-c2ccccc2)C1=O. The molecule has 2 heterocycles. The van der Waals surface area contributed by atoms with Crippen molar-refractivity contribution in [1.29, 1.82) is 5.26 Å². The first-order chi connectivity index (χ1) is 18.2. The van der Waals surface area contributed by atoms with Crippen LogP contribution in [0.25, 0.3) is 23.0 Å². The summed E-state index contributed by atoms with van der Waals surface area (Å²) in [6.07, 6.45) is 3.21. The van der Waals surface area contributed by atoms with Crippen LogP contribution in [0.5, 0.6) is 0 Å². The Morgan fingerprint density at radius 2 is 1.82 bits per heavy atom. The lowest BCUT2D eigenvalue weighted by molar-refractivity contribution is -0.384. The van der Waals surface area contributed by atoms with E-state index in [1.54, 1.807) is 24.4 Å². The van der Waals surface area contributed by atoms with Crippen molar-refractivity contribution in [2.24, 2.45) is 0 Å². The van der Waals surface area contributed by atoms with Crippen molar-refractivity contribution in [2.45, 2.75) is 13.8 Å². The smallest absolute Gasteiger partial charge is 0.302 e. The Morgan fingerprint density at radius 1 is 1.13 bits per heavy atom. The number of rotatable bonds is 7. The van der Waals surface area contributed by atoms with Gasteiger partial charge in [0.1, 0.15) is 18.2 Å². The lowest BCUT2D eigenvalue weighted by Crippen LogP contribution is -2.44. The van der Waals surface area contributed by atoms with Crippen LogP contribution in [0.1, 0.15) is 19.4 Å². The molecule has 11 heteroatoms. The van der Waals surface area contributed by atoms with Crippen LogP contribution in [0.2, 0.25) is 0 Å². The molecule has 190 valence electrons. The summed E-state index contributed by atoms with van der Waals surface area (Å²) in [5.74, 6) is -1.96. The first-order valence-corrected chi connectivity index (χ1v) is 11.4. The van der Waals surface area contributed by atoms with E-state index in [0.29, 0.717) is 16.9 Å². The molecule has 11 nitrogen and oxygen atoms in total. The summed E-state index contributed by atoms with van der Waals surface area (Å²) in [7, 11) is 0. The number of non-ortho nitro benzene ring substituents is 1. The molecule has 2 amide bonds. The molecule has 1 aromatic heterocycles. The number of nitro benzene ring substituents is 1. The van der Waals surface area contributed by atoms with Crippen molar-refractivity contribution in [3.8, 4) is 23.0 Å². The number of hydrogen-bond acceptors (Lipinski definition) is 8. The summed E-state index contributed by atoms with van der Waals surface area (Å²) in [5.41, 5.74) is 2.40. The van der Waals surface area contributed by atoms with Crippen molar-refractivity contribution in [1.82, 2.24) is 14.7 Å². The van der Waals surface area contributed by atoms with Gasteiger partial charge >= 0.3 is 5.97 Å². The first-order valence-electron chi connectivity index (χ1n) is 11.4. The van der Waals surface area contributed by atoms with E-state index in [0.717, 1.165) is 10.5 Å². The normalized spacial score (nSPS) is 14.6. The zero-order valence-corrected chi connectivity index (χ0v) is 20.5. The molecular weight excluding hydrogens is 490 g/mol. The lowest BCUT2D eigenvalue weighted by Gasteiger charge is -2.27. The quantitative estimate of drug-likeness (QED) is 0.154. The fourth-order valence-electron chi connectivity index (χ4n) is 3.94. The Labute approximate surface area is 217 Å². The maximum atomic E-state index is 13.4. The summed E-state index contributed by atoms with van der Waals surface area (Å²) in [6, 6.07) is 16.9. The van der Waals surface area contributed by atoms with E-state index in [-0.39, 0.29) is 35.6 Å². The van der Waals surface area contributed by atoms with E-state index in [1.165, 1.54) is 30.7 Å². The van der Waals surface area contributed by atoms with Crippen molar-refractivity contribution >= 4 is 29.5 Å². The molecule has 0 fully saturated rings. The fourth-order valence-corrected chi connectivity index (χ4v) is 3.94. The molecule has 1 aliphatic rings. The number of nitro groups is 1. The monoisotopic (exact) mass is 511 g/mol. The van der Waals surface area contributed by atoms with Crippen LogP contribution in [-0.2, 0) is 19.1 Å². The summed E-state index contributed by atoms with van der Waals surface area (Å²) < 4.78 is 6.41. The topological polar surface area (TPSA) is 148 Å². The number of hydrogen-bond donors (Lipinski definition) is 0. The minimum Gasteiger partial charge on any atom is -0.464 e. The first kappa shape index (κ1) is 25.7. The van der Waals surface area contributed by atoms with E-state index in [9.17, 15) is 29.8 Å². The molecule has 1 aliphatic heterocycles. The second-order valence-corrected chi connectivity index (χ2v) is 8.29. The van der Waals surface area contributed by atoms with Crippen LogP contribution in [0.4, 0.5) is 5.69 Å². The maximum Gasteiger partial charge on any atom is 0.302 e. The van der Waals surface area contributed by atoms with Crippen LogP contribution < -0.4 is 0 Å². The molecule has 0 aliphatic carbocycles. The summed E-state index contributed by atoms with van der Waals surface area (Å²) >= 11 is 0. The number of nitriles is 1. The number of nitrogens with zero attached hydrogens (tertiary/aromatic N) is 5. The molecule has 0 radical (unpaired) electrons. The van der Waals surface area contributed by atoms with Crippen LogP contribution in [0, 0.1) is 21.4 Å². The van der Waals surface area contributed by atoms with Gasteiger partial charge in [-0.15, -0.1) is 0 Å². The van der Waals surface area contributed by atoms with Crippen LogP contribution in [0.15, 0.2) is 77.5 Å². The van der Waals surface area contributed by atoms with E-state index in [4.69, 9.17) is 4.74 Å². The third-order valence-electron chi connectivity index (χ3n) is 5.86. The highest BCUT2D eigenvalue weighted by molar-refractivity contribution is 6.19. The summed E-state index contributed by atoms with van der Waals surface area (Å²) in [5, 5.41) is 25.3. The number of carbonyl (C=O) groups excluding carboxylic acids is 3. The number of imide groups is 1.